The summed E-state index contributed by atoms with van der Waals surface area (Å²) in [5.41, 5.74) is 6.21. The Bertz CT molecular complexity index is 1430. The third-order valence-corrected chi connectivity index (χ3v) is 5.67. The number of hydrogen-bond donors (Lipinski definition) is 0. The zero-order chi connectivity index (χ0) is 22.8. The Morgan fingerprint density at radius 3 is 2.27 bits per heavy atom. The zero-order valence-corrected chi connectivity index (χ0v) is 18.5. The fraction of sp³-hybridized carbons (Fsp3) is 0.107. The molecule has 3 aromatic carbocycles. The summed E-state index contributed by atoms with van der Waals surface area (Å²) in [6, 6.07) is 25.6. The molecule has 5 heteroatoms. The van der Waals surface area contributed by atoms with Gasteiger partial charge in [-0.1, -0.05) is 78.9 Å². The molecule has 0 fully saturated rings. The SMILES string of the molecule is CC(C)n1cnc2c(-c3ccccc3/C(F)=C/c3ccc(-c4ccccc4)cc3)ncnc21. The van der Waals surface area contributed by atoms with E-state index in [1.807, 2.05) is 65.2 Å². The van der Waals surface area contributed by atoms with Gasteiger partial charge in [0.25, 0.3) is 0 Å². The van der Waals surface area contributed by atoms with Crippen LogP contribution >= 0.6 is 0 Å². The van der Waals surface area contributed by atoms with Crippen LogP contribution in [0, 0.1) is 0 Å². The molecule has 33 heavy (non-hydrogen) atoms. The number of aromatic nitrogens is 4. The van der Waals surface area contributed by atoms with Crippen molar-refractivity contribution in [1.82, 2.24) is 19.5 Å². The van der Waals surface area contributed by atoms with E-state index in [2.05, 4.69) is 40.9 Å². The van der Waals surface area contributed by atoms with Crippen LogP contribution in [0.5, 0.6) is 0 Å². The number of fused-ring (bicyclic) bond motifs is 1. The minimum Gasteiger partial charge on any atom is -0.313 e. The molecule has 0 bridgehead atoms. The van der Waals surface area contributed by atoms with Crippen LogP contribution in [-0.2, 0) is 0 Å². The Kier molecular flexibility index (Phi) is 5.53. The number of benzene rings is 3. The average Bonchev–Trinajstić information content (AvgIpc) is 3.30. The molecule has 0 atom stereocenters. The highest BCUT2D eigenvalue weighted by atomic mass is 19.1. The molecule has 0 aliphatic rings. The third-order valence-electron chi connectivity index (χ3n) is 5.67. The first-order chi connectivity index (χ1) is 16.1. The molecular weight excluding hydrogens is 411 g/mol. The molecule has 0 N–H and O–H groups in total. The Morgan fingerprint density at radius 2 is 1.52 bits per heavy atom. The molecule has 0 saturated carbocycles. The molecule has 2 heterocycles. The van der Waals surface area contributed by atoms with E-state index in [1.165, 1.54) is 6.33 Å². The van der Waals surface area contributed by atoms with Crippen molar-refractivity contribution in [2.24, 2.45) is 0 Å². The summed E-state index contributed by atoms with van der Waals surface area (Å²) in [6.07, 6.45) is 4.83. The van der Waals surface area contributed by atoms with Gasteiger partial charge < -0.3 is 4.57 Å². The van der Waals surface area contributed by atoms with Crippen LogP contribution in [0.25, 0.3) is 45.5 Å². The summed E-state index contributed by atoms with van der Waals surface area (Å²) in [6.45, 7) is 4.14. The molecule has 2 aromatic heterocycles. The predicted octanol–water partition coefficient (Wildman–Crippen LogP) is 7.21. The molecule has 5 aromatic rings. The number of rotatable bonds is 5. The highest BCUT2D eigenvalue weighted by molar-refractivity contribution is 5.93. The topological polar surface area (TPSA) is 43.6 Å². The lowest BCUT2D eigenvalue weighted by Gasteiger charge is -2.10. The van der Waals surface area contributed by atoms with Gasteiger partial charge in [-0.25, -0.2) is 19.3 Å². The van der Waals surface area contributed by atoms with Crippen molar-refractivity contribution in [2.45, 2.75) is 19.9 Å². The third kappa shape index (κ3) is 4.05. The van der Waals surface area contributed by atoms with Crippen LogP contribution in [0.2, 0.25) is 0 Å². The maximum absolute atomic E-state index is 15.5. The van der Waals surface area contributed by atoms with Crippen molar-refractivity contribution in [1.29, 1.82) is 0 Å². The Morgan fingerprint density at radius 1 is 0.818 bits per heavy atom. The van der Waals surface area contributed by atoms with Crippen molar-refractivity contribution in [3.05, 3.63) is 103 Å². The largest absolute Gasteiger partial charge is 0.313 e. The highest BCUT2D eigenvalue weighted by Gasteiger charge is 2.17. The van der Waals surface area contributed by atoms with Crippen molar-refractivity contribution in [3.8, 4) is 22.4 Å². The van der Waals surface area contributed by atoms with Crippen molar-refractivity contribution in [3.63, 3.8) is 0 Å². The Balaban J connectivity index is 1.53. The van der Waals surface area contributed by atoms with Crippen LogP contribution in [-0.4, -0.2) is 19.5 Å². The average molecular weight is 435 g/mol. The van der Waals surface area contributed by atoms with Crippen LogP contribution in [0.3, 0.4) is 0 Å². The first kappa shape index (κ1) is 20.8. The summed E-state index contributed by atoms with van der Waals surface area (Å²) in [5.74, 6) is -0.326. The summed E-state index contributed by atoms with van der Waals surface area (Å²) >= 11 is 0. The van der Waals surface area contributed by atoms with Gasteiger partial charge >= 0.3 is 0 Å². The molecule has 0 unspecified atom stereocenters. The highest BCUT2D eigenvalue weighted by Crippen LogP contribution is 2.33. The summed E-state index contributed by atoms with van der Waals surface area (Å²) in [5, 5.41) is 0. The summed E-state index contributed by atoms with van der Waals surface area (Å²) in [7, 11) is 0. The molecule has 4 nitrogen and oxygen atoms in total. The minimum absolute atomic E-state index is 0.212. The molecule has 0 saturated heterocycles. The van der Waals surface area contributed by atoms with Crippen molar-refractivity contribution in [2.75, 3.05) is 0 Å². The first-order valence-electron chi connectivity index (χ1n) is 10.9. The maximum Gasteiger partial charge on any atom is 0.164 e. The summed E-state index contributed by atoms with van der Waals surface area (Å²) in [4.78, 5) is 13.4. The lowest BCUT2D eigenvalue weighted by atomic mass is 10.00. The molecule has 162 valence electrons. The van der Waals surface area contributed by atoms with E-state index in [4.69, 9.17) is 0 Å². The van der Waals surface area contributed by atoms with Crippen LogP contribution in [0.4, 0.5) is 4.39 Å². The molecule has 0 amide bonds. The van der Waals surface area contributed by atoms with Gasteiger partial charge in [0.1, 0.15) is 23.4 Å². The summed E-state index contributed by atoms with van der Waals surface area (Å²) < 4.78 is 17.5. The van der Waals surface area contributed by atoms with Crippen molar-refractivity contribution < 1.29 is 4.39 Å². The number of hydrogen-bond acceptors (Lipinski definition) is 3. The van der Waals surface area contributed by atoms with E-state index in [9.17, 15) is 0 Å². The molecule has 0 spiro atoms. The number of nitrogens with zero attached hydrogens (tertiary/aromatic N) is 4. The van der Waals surface area contributed by atoms with Gasteiger partial charge in [-0.15, -0.1) is 0 Å². The van der Waals surface area contributed by atoms with E-state index in [0.717, 1.165) is 22.3 Å². The van der Waals surface area contributed by atoms with Crippen LogP contribution in [0.15, 0.2) is 91.5 Å². The van der Waals surface area contributed by atoms with E-state index >= 15 is 4.39 Å². The maximum atomic E-state index is 15.5. The van der Waals surface area contributed by atoms with E-state index in [-0.39, 0.29) is 11.9 Å². The zero-order valence-electron chi connectivity index (χ0n) is 18.5. The second-order valence-corrected chi connectivity index (χ2v) is 8.17. The lowest BCUT2D eigenvalue weighted by Crippen LogP contribution is -2.00. The van der Waals surface area contributed by atoms with E-state index in [0.29, 0.717) is 22.3 Å². The fourth-order valence-electron chi connectivity index (χ4n) is 3.95. The lowest BCUT2D eigenvalue weighted by molar-refractivity contribution is 0.612. The standard InChI is InChI=1S/C28H23FN4/c1-19(2)33-18-32-27-26(30-17-31-28(27)33)24-11-7-6-10-23(24)25(29)16-20-12-14-22(15-13-20)21-8-4-3-5-9-21/h3-19H,1-2H3/b25-16-. The monoisotopic (exact) mass is 434 g/mol. The molecular formula is C28H23FN4. The Hall–Kier alpha value is -4.12. The normalized spacial score (nSPS) is 11.9. The minimum atomic E-state index is -0.326. The smallest absolute Gasteiger partial charge is 0.164 e. The van der Waals surface area contributed by atoms with Gasteiger partial charge in [-0.2, -0.15) is 0 Å². The van der Waals surface area contributed by atoms with Gasteiger partial charge in [0.15, 0.2) is 5.65 Å². The second-order valence-electron chi connectivity index (χ2n) is 8.17. The van der Waals surface area contributed by atoms with Gasteiger partial charge in [-0.05, 0) is 36.6 Å². The van der Waals surface area contributed by atoms with Gasteiger partial charge in [0.05, 0.1) is 6.33 Å². The molecule has 0 aliphatic heterocycles. The van der Waals surface area contributed by atoms with Crippen molar-refractivity contribution >= 4 is 23.1 Å². The first-order valence-corrected chi connectivity index (χ1v) is 10.9. The van der Waals surface area contributed by atoms with Gasteiger partial charge in [0.2, 0.25) is 0 Å². The van der Waals surface area contributed by atoms with E-state index in [1.54, 1.807) is 18.5 Å². The van der Waals surface area contributed by atoms with E-state index < -0.39 is 0 Å². The number of imidazole rings is 1. The predicted molar refractivity (Wildman–Crippen MR) is 132 cm³/mol. The number of halogens is 1. The van der Waals surface area contributed by atoms with Crippen LogP contribution < -0.4 is 0 Å². The van der Waals surface area contributed by atoms with Gasteiger partial charge in [0, 0.05) is 17.2 Å². The second kappa shape index (κ2) is 8.79. The molecule has 0 radical (unpaired) electrons. The Labute approximate surface area is 192 Å². The molecule has 0 aliphatic carbocycles. The molecule has 5 rings (SSSR count). The quantitative estimate of drug-likeness (QED) is 0.275. The fourth-order valence-corrected chi connectivity index (χ4v) is 3.95. The van der Waals surface area contributed by atoms with Crippen LogP contribution in [0.1, 0.15) is 31.0 Å². The van der Waals surface area contributed by atoms with Gasteiger partial charge in [-0.3, -0.25) is 0 Å².